The van der Waals surface area contributed by atoms with Crippen molar-refractivity contribution in [2.75, 3.05) is 25.7 Å². The fourth-order valence-corrected chi connectivity index (χ4v) is 4.62. The van der Waals surface area contributed by atoms with E-state index >= 15 is 0 Å². The molecule has 7 heteroatoms. The maximum absolute atomic E-state index is 13.5. The number of ether oxygens (including phenoxy) is 3. The van der Waals surface area contributed by atoms with E-state index in [-0.39, 0.29) is 11.3 Å². The van der Waals surface area contributed by atoms with Crippen molar-refractivity contribution in [3.63, 3.8) is 0 Å². The fourth-order valence-electron chi connectivity index (χ4n) is 4.62. The third kappa shape index (κ3) is 4.77. The Kier molecular flexibility index (Phi) is 7.53. The van der Waals surface area contributed by atoms with Gasteiger partial charge in [0, 0.05) is 11.3 Å². The molecule has 1 aliphatic rings. The molecule has 0 radical (unpaired) electrons. The molecule has 3 aromatic rings. The third-order valence-electron chi connectivity index (χ3n) is 6.54. The Hall–Kier alpha value is -4.26. The fraction of sp³-hybridized carbons (Fsp3) is 0.267. The number of rotatable bonds is 8. The predicted octanol–water partition coefficient (Wildman–Crippen LogP) is 5.60. The zero-order chi connectivity index (χ0) is 26.7. The van der Waals surface area contributed by atoms with Gasteiger partial charge in [0.2, 0.25) is 0 Å². The van der Waals surface area contributed by atoms with Gasteiger partial charge in [0.15, 0.2) is 11.5 Å². The first-order valence-corrected chi connectivity index (χ1v) is 12.2. The van der Waals surface area contributed by atoms with Crippen LogP contribution in [-0.4, -0.2) is 37.6 Å². The lowest BCUT2D eigenvalue weighted by molar-refractivity contribution is -0.132. The van der Waals surface area contributed by atoms with Crippen molar-refractivity contribution in [1.29, 1.82) is 0 Å². The van der Waals surface area contributed by atoms with Gasteiger partial charge >= 0.3 is 0 Å². The smallest absolute Gasteiger partial charge is 0.300 e. The molecule has 0 aliphatic carbocycles. The van der Waals surface area contributed by atoms with Crippen molar-refractivity contribution < 1.29 is 28.9 Å². The van der Waals surface area contributed by atoms with Gasteiger partial charge in [-0.25, -0.2) is 0 Å². The van der Waals surface area contributed by atoms with Crippen molar-refractivity contribution in [2.24, 2.45) is 0 Å². The summed E-state index contributed by atoms with van der Waals surface area (Å²) in [6.45, 7) is 6.16. The Morgan fingerprint density at radius 3 is 2.16 bits per heavy atom. The first kappa shape index (κ1) is 25.8. The Balaban J connectivity index is 1.95. The van der Waals surface area contributed by atoms with Crippen LogP contribution in [0.2, 0.25) is 0 Å². The molecule has 0 bridgehead atoms. The summed E-state index contributed by atoms with van der Waals surface area (Å²) in [5.74, 6) is -0.0638. The van der Waals surface area contributed by atoms with Gasteiger partial charge in [-0.1, -0.05) is 25.1 Å². The molecule has 1 amide bonds. The summed E-state index contributed by atoms with van der Waals surface area (Å²) in [6.07, 6.45) is 0.843. The van der Waals surface area contributed by atoms with Gasteiger partial charge in [0.25, 0.3) is 11.7 Å². The molecule has 0 aromatic heterocycles. The molecule has 1 atom stereocenters. The monoisotopic (exact) mass is 501 g/mol. The van der Waals surface area contributed by atoms with Crippen LogP contribution < -0.4 is 19.1 Å². The van der Waals surface area contributed by atoms with Crippen LogP contribution in [-0.2, 0) is 16.0 Å². The highest BCUT2D eigenvalue weighted by Gasteiger charge is 2.47. The summed E-state index contributed by atoms with van der Waals surface area (Å²) in [5.41, 5.74) is 3.48. The minimum absolute atomic E-state index is 0.00162. The first-order valence-electron chi connectivity index (χ1n) is 12.2. The van der Waals surface area contributed by atoms with E-state index in [1.807, 2.05) is 45.0 Å². The maximum Gasteiger partial charge on any atom is 0.300 e. The Labute approximate surface area is 216 Å². The van der Waals surface area contributed by atoms with Crippen molar-refractivity contribution >= 4 is 23.1 Å². The van der Waals surface area contributed by atoms with E-state index in [1.165, 1.54) is 4.90 Å². The van der Waals surface area contributed by atoms with Crippen LogP contribution in [0.3, 0.4) is 0 Å². The molecule has 37 heavy (non-hydrogen) atoms. The average molecular weight is 502 g/mol. The quantitative estimate of drug-likeness (QED) is 0.246. The molecular weight excluding hydrogens is 470 g/mol. The summed E-state index contributed by atoms with van der Waals surface area (Å²) >= 11 is 0. The van der Waals surface area contributed by atoms with Gasteiger partial charge < -0.3 is 19.3 Å². The standard InChI is InChI=1S/C30H31NO6/c1-6-19-8-12-22(13-9-19)31-27(20-10-15-24(36-5)25(17-20)37-7-2)26(29(33)30(31)34)28(32)21-11-14-23(35-4)18(3)16-21/h8-17,27,32H,6-7H2,1-5H3/b28-26-. The van der Waals surface area contributed by atoms with Crippen LogP contribution in [0.1, 0.15) is 42.1 Å². The zero-order valence-corrected chi connectivity index (χ0v) is 21.7. The molecule has 4 rings (SSSR count). The number of hydrogen-bond acceptors (Lipinski definition) is 6. The van der Waals surface area contributed by atoms with Crippen molar-refractivity contribution in [1.82, 2.24) is 0 Å². The van der Waals surface area contributed by atoms with Crippen LogP contribution >= 0.6 is 0 Å². The van der Waals surface area contributed by atoms with Crippen molar-refractivity contribution in [3.8, 4) is 17.2 Å². The van der Waals surface area contributed by atoms with Crippen LogP contribution in [0.15, 0.2) is 66.2 Å². The molecule has 1 saturated heterocycles. The number of aliphatic hydroxyl groups excluding tert-OH is 1. The van der Waals surface area contributed by atoms with Gasteiger partial charge in [-0.3, -0.25) is 14.5 Å². The van der Waals surface area contributed by atoms with E-state index in [4.69, 9.17) is 14.2 Å². The molecule has 1 N–H and O–H groups in total. The lowest BCUT2D eigenvalue weighted by Crippen LogP contribution is -2.29. The number of benzene rings is 3. The second-order valence-corrected chi connectivity index (χ2v) is 8.72. The van der Waals surface area contributed by atoms with Crippen LogP contribution in [0, 0.1) is 6.92 Å². The van der Waals surface area contributed by atoms with Crippen LogP contribution in [0.4, 0.5) is 5.69 Å². The minimum atomic E-state index is -0.875. The number of aryl methyl sites for hydroxylation is 2. The van der Waals surface area contributed by atoms with E-state index in [0.29, 0.717) is 40.7 Å². The number of amides is 1. The predicted molar refractivity (Wildman–Crippen MR) is 142 cm³/mol. The van der Waals surface area contributed by atoms with E-state index in [9.17, 15) is 14.7 Å². The van der Waals surface area contributed by atoms with Crippen molar-refractivity contribution in [2.45, 2.75) is 33.2 Å². The lowest BCUT2D eigenvalue weighted by atomic mass is 9.94. The van der Waals surface area contributed by atoms with Gasteiger partial charge in [-0.2, -0.15) is 0 Å². The number of carbonyl (C=O) groups excluding carboxylic acids is 2. The normalized spacial score (nSPS) is 16.7. The number of methoxy groups -OCH3 is 2. The maximum atomic E-state index is 13.5. The number of aliphatic hydroxyl groups is 1. The summed E-state index contributed by atoms with van der Waals surface area (Å²) in [6, 6.07) is 17.0. The average Bonchev–Trinajstić information content (AvgIpc) is 3.18. The summed E-state index contributed by atoms with van der Waals surface area (Å²) in [4.78, 5) is 28.3. The highest BCUT2D eigenvalue weighted by Crippen LogP contribution is 2.44. The van der Waals surface area contributed by atoms with E-state index in [2.05, 4.69) is 0 Å². The summed E-state index contributed by atoms with van der Waals surface area (Å²) in [7, 11) is 3.11. The molecule has 0 saturated carbocycles. The van der Waals surface area contributed by atoms with Crippen molar-refractivity contribution in [3.05, 3.63) is 88.5 Å². The minimum Gasteiger partial charge on any atom is -0.507 e. The van der Waals surface area contributed by atoms with E-state index in [1.54, 1.807) is 50.6 Å². The molecule has 1 heterocycles. The Morgan fingerprint density at radius 1 is 0.892 bits per heavy atom. The number of hydrogen-bond donors (Lipinski definition) is 1. The highest BCUT2D eigenvalue weighted by molar-refractivity contribution is 6.51. The Bertz CT molecular complexity index is 1360. The molecule has 1 fully saturated rings. The molecule has 1 unspecified atom stereocenters. The first-order chi connectivity index (χ1) is 17.8. The largest absolute Gasteiger partial charge is 0.507 e. The van der Waals surface area contributed by atoms with Crippen LogP contribution in [0.5, 0.6) is 17.2 Å². The van der Waals surface area contributed by atoms with Gasteiger partial charge in [-0.15, -0.1) is 0 Å². The highest BCUT2D eigenvalue weighted by atomic mass is 16.5. The second kappa shape index (κ2) is 10.8. The van der Waals surface area contributed by atoms with Gasteiger partial charge in [0.05, 0.1) is 32.4 Å². The molecule has 192 valence electrons. The number of nitrogens with zero attached hydrogens (tertiary/aromatic N) is 1. The second-order valence-electron chi connectivity index (χ2n) is 8.72. The van der Waals surface area contributed by atoms with E-state index in [0.717, 1.165) is 17.5 Å². The van der Waals surface area contributed by atoms with Gasteiger partial charge in [0.1, 0.15) is 11.5 Å². The molecule has 7 nitrogen and oxygen atoms in total. The summed E-state index contributed by atoms with van der Waals surface area (Å²) < 4.78 is 16.5. The Morgan fingerprint density at radius 2 is 1.57 bits per heavy atom. The number of carbonyl (C=O) groups is 2. The zero-order valence-electron chi connectivity index (χ0n) is 21.7. The number of ketones is 1. The van der Waals surface area contributed by atoms with E-state index < -0.39 is 17.7 Å². The molecule has 3 aromatic carbocycles. The molecule has 0 spiro atoms. The third-order valence-corrected chi connectivity index (χ3v) is 6.54. The van der Waals surface area contributed by atoms with Crippen LogP contribution in [0.25, 0.3) is 5.76 Å². The molecular formula is C30H31NO6. The summed E-state index contributed by atoms with van der Waals surface area (Å²) in [5, 5.41) is 11.4. The number of Topliss-reactive ketones (excluding diaryl/α,β-unsaturated/α-hetero) is 1. The number of anilines is 1. The topological polar surface area (TPSA) is 85.3 Å². The SMILES string of the molecule is CCOc1cc(C2/C(=C(/O)c3ccc(OC)c(C)c3)C(=O)C(=O)N2c2ccc(CC)cc2)ccc1OC. The van der Waals surface area contributed by atoms with Gasteiger partial charge in [-0.05, 0) is 79.4 Å². The lowest BCUT2D eigenvalue weighted by Gasteiger charge is -2.26. The molecule has 1 aliphatic heterocycles.